The Bertz CT molecular complexity index is 719. The first-order chi connectivity index (χ1) is 11.9. The monoisotopic (exact) mass is 384 g/mol. The van der Waals surface area contributed by atoms with Crippen LogP contribution in [0, 0.1) is 0 Å². The maximum atomic E-state index is 12.2. The summed E-state index contributed by atoms with van der Waals surface area (Å²) >= 11 is 0. The van der Waals surface area contributed by atoms with Gasteiger partial charge in [0, 0.05) is 12.6 Å². The first-order valence-electron chi connectivity index (χ1n) is 8.47. The van der Waals surface area contributed by atoms with Crippen molar-refractivity contribution in [2.75, 3.05) is 13.2 Å². The van der Waals surface area contributed by atoms with Gasteiger partial charge in [-0.05, 0) is 37.0 Å². The second-order valence-corrected chi connectivity index (χ2v) is 9.07. The van der Waals surface area contributed by atoms with Crippen LogP contribution in [0.15, 0.2) is 29.2 Å². The molecule has 0 saturated carbocycles. The molecule has 0 aromatic heterocycles. The highest BCUT2D eigenvalue weighted by molar-refractivity contribution is 7.89. The molecule has 0 bridgehead atoms. The van der Waals surface area contributed by atoms with Crippen molar-refractivity contribution in [3.63, 3.8) is 0 Å². The third-order valence-corrected chi connectivity index (χ3v) is 4.94. The molecule has 1 amide bonds. The molecule has 0 fully saturated rings. The van der Waals surface area contributed by atoms with E-state index in [0.717, 1.165) is 5.56 Å². The third kappa shape index (κ3) is 7.53. The van der Waals surface area contributed by atoms with Crippen molar-refractivity contribution in [1.82, 2.24) is 10.0 Å². The highest BCUT2D eigenvalue weighted by atomic mass is 32.2. The van der Waals surface area contributed by atoms with Crippen molar-refractivity contribution in [1.29, 1.82) is 0 Å². The minimum absolute atomic E-state index is 0.0438. The molecule has 1 rings (SSSR count). The highest BCUT2D eigenvalue weighted by Crippen LogP contribution is 2.23. The van der Waals surface area contributed by atoms with Crippen LogP contribution in [0.1, 0.15) is 46.6 Å². The molecule has 1 aromatic rings. The van der Waals surface area contributed by atoms with Crippen LogP contribution < -0.4 is 10.0 Å². The zero-order valence-corrected chi connectivity index (χ0v) is 16.8. The summed E-state index contributed by atoms with van der Waals surface area (Å²) in [7, 11) is -3.70. The Hall–Kier alpha value is -1.93. The molecule has 8 heteroatoms. The van der Waals surface area contributed by atoms with Gasteiger partial charge in [0.15, 0.2) is 6.61 Å². The Morgan fingerprint density at radius 2 is 1.69 bits per heavy atom. The standard InChI is InChI=1S/C18H28N2O5S/c1-13(2)20-16(21)12-25-17(22)10-11-19-26(23,24)15-8-6-14(7-9-15)18(3,4)5/h6-9,13,19H,10-12H2,1-5H3,(H,20,21). The molecule has 7 nitrogen and oxygen atoms in total. The fraction of sp³-hybridized carbons (Fsp3) is 0.556. The molecule has 0 heterocycles. The molecule has 0 unspecified atom stereocenters. The fourth-order valence-corrected chi connectivity index (χ4v) is 3.12. The number of nitrogens with one attached hydrogen (secondary N) is 2. The van der Waals surface area contributed by atoms with E-state index in [4.69, 9.17) is 4.74 Å². The second kappa shape index (κ2) is 9.14. The summed E-state index contributed by atoms with van der Waals surface area (Å²) in [6, 6.07) is 6.58. The maximum Gasteiger partial charge on any atom is 0.307 e. The number of carbonyl (C=O) groups excluding carboxylic acids is 2. The maximum absolute atomic E-state index is 12.2. The SMILES string of the molecule is CC(C)NC(=O)COC(=O)CCNS(=O)(=O)c1ccc(C(C)(C)C)cc1. The predicted molar refractivity (Wildman–Crippen MR) is 99.2 cm³/mol. The minimum atomic E-state index is -3.70. The average Bonchev–Trinajstić information content (AvgIpc) is 2.51. The van der Waals surface area contributed by atoms with Crippen LogP contribution in [0.5, 0.6) is 0 Å². The Morgan fingerprint density at radius 1 is 1.12 bits per heavy atom. The number of esters is 1. The smallest absolute Gasteiger partial charge is 0.307 e. The van der Waals surface area contributed by atoms with E-state index >= 15 is 0 Å². The summed E-state index contributed by atoms with van der Waals surface area (Å²) in [5.74, 6) is -1.04. The van der Waals surface area contributed by atoms with Crippen LogP contribution in [-0.4, -0.2) is 39.5 Å². The number of sulfonamides is 1. The first kappa shape index (κ1) is 22.1. The summed E-state index contributed by atoms with van der Waals surface area (Å²) < 4.78 is 31.6. The molecule has 0 aliphatic rings. The number of amides is 1. The van der Waals surface area contributed by atoms with E-state index in [2.05, 4.69) is 10.0 Å². The van der Waals surface area contributed by atoms with E-state index < -0.39 is 21.9 Å². The topological polar surface area (TPSA) is 102 Å². The van der Waals surface area contributed by atoms with Crippen LogP contribution in [0.2, 0.25) is 0 Å². The summed E-state index contributed by atoms with van der Waals surface area (Å²) in [5.41, 5.74) is 0.959. The van der Waals surface area contributed by atoms with E-state index in [1.165, 1.54) is 12.1 Å². The Balaban J connectivity index is 2.48. The minimum Gasteiger partial charge on any atom is -0.456 e. The third-order valence-electron chi connectivity index (χ3n) is 3.47. The molecular formula is C18H28N2O5S. The lowest BCUT2D eigenvalue weighted by Gasteiger charge is -2.19. The largest absolute Gasteiger partial charge is 0.456 e. The summed E-state index contributed by atoms with van der Waals surface area (Å²) in [4.78, 5) is 23.1. The molecule has 0 aliphatic heterocycles. The van der Waals surface area contributed by atoms with Crippen LogP contribution in [0.25, 0.3) is 0 Å². The van der Waals surface area contributed by atoms with Gasteiger partial charge >= 0.3 is 5.97 Å². The first-order valence-corrected chi connectivity index (χ1v) is 9.95. The van der Waals surface area contributed by atoms with E-state index in [0.29, 0.717) is 0 Å². The van der Waals surface area contributed by atoms with Gasteiger partial charge in [0.1, 0.15) is 0 Å². The van der Waals surface area contributed by atoms with Crippen molar-refractivity contribution in [2.24, 2.45) is 0 Å². The van der Waals surface area contributed by atoms with Gasteiger partial charge in [0.2, 0.25) is 10.0 Å². The van der Waals surface area contributed by atoms with Gasteiger partial charge in [-0.25, -0.2) is 13.1 Å². The van der Waals surface area contributed by atoms with Gasteiger partial charge in [-0.2, -0.15) is 0 Å². The summed E-state index contributed by atoms with van der Waals surface area (Å²) in [6.07, 6.45) is -0.158. The number of hydrogen-bond acceptors (Lipinski definition) is 5. The van der Waals surface area contributed by atoms with Crippen LogP contribution in [-0.2, 0) is 29.8 Å². The second-order valence-electron chi connectivity index (χ2n) is 7.31. The Labute approximate surface area is 155 Å². The van der Waals surface area contributed by atoms with Crippen LogP contribution in [0.3, 0.4) is 0 Å². The van der Waals surface area contributed by atoms with Gasteiger partial charge in [-0.15, -0.1) is 0 Å². The Morgan fingerprint density at radius 3 is 2.19 bits per heavy atom. The quantitative estimate of drug-likeness (QED) is 0.665. The molecule has 0 atom stereocenters. The molecule has 0 aliphatic carbocycles. The number of hydrogen-bond donors (Lipinski definition) is 2. The van der Waals surface area contributed by atoms with Gasteiger partial charge in [-0.1, -0.05) is 32.9 Å². The van der Waals surface area contributed by atoms with Crippen LogP contribution >= 0.6 is 0 Å². The van der Waals surface area contributed by atoms with Crippen molar-refractivity contribution in [3.05, 3.63) is 29.8 Å². The number of rotatable bonds is 8. The van der Waals surface area contributed by atoms with E-state index in [9.17, 15) is 18.0 Å². The van der Waals surface area contributed by atoms with Gasteiger partial charge in [-0.3, -0.25) is 9.59 Å². The molecular weight excluding hydrogens is 356 g/mol. The predicted octanol–water partition coefficient (Wildman–Crippen LogP) is 1.72. The molecule has 0 radical (unpaired) electrons. The van der Waals surface area contributed by atoms with E-state index in [-0.39, 0.29) is 35.9 Å². The number of ether oxygens (including phenoxy) is 1. The lowest BCUT2D eigenvalue weighted by molar-refractivity contribution is -0.148. The summed E-state index contributed by atoms with van der Waals surface area (Å²) in [5, 5.41) is 2.59. The summed E-state index contributed by atoms with van der Waals surface area (Å²) in [6.45, 7) is 9.24. The van der Waals surface area contributed by atoms with E-state index in [1.54, 1.807) is 26.0 Å². The normalized spacial score (nSPS) is 12.1. The van der Waals surface area contributed by atoms with Gasteiger partial charge in [0.25, 0.3) is 5.91 Å². The molecule has 2 N–H and O–H groups in total. The zero-order chi connectivity index (χ0) is 20.0. The zero-order valence-electron chi connectivity index (χ0n) is 16.0. The number of carbonyl (C=O) groups is 2. The molecule has 0 saturated heterocycles. The lowest BCUT2D eigenvalue weighted by Crippen LogP contribution is -2.34. The fourth-order valence-electron chi connectivity index (χ4n) is 2.09. The molecule has 146 valence electrons. The van der Waals surface area contributed by atoms with Gasteiger partial charge in [0.05, 0.1) is 11.3 Å². The van der Waals surface area contributed by atoms with E-state index in [1.807, 2.05) is 20.8 Å². The number of benzene rings is 1. The Kier molecular flexibility index (Phi) is 7.77. The van der Waals surface area contributed by atoms with Crippen molar-refractivity contribution in [3.8, 4) is 0 Å². The van der Waals surface area contributed by atoms with Crippen molar-refractivity contribution in [2.45, 2.75) is 57.4 Å². The van der Waals surface area contributed by atoms with Gasteiger partial charge < -0.3 is 10.1 Å². The average molecular weight is 384 g/mol. The lowest BCUT2D eigenvalue weighted by atomic mass is 9.87. The van der Waals surface area contributed by atoms with Crippen molar-refractivity contribution >= 4 is 21.9 Å². The molecule has 1 aromatic carbocycles. The van der Waals surface area contributed by atoms with Crippen LogP contribution in [0.4, 0.5) is 0 Å². The highest BCUT2D eigenvalue weighted by Gasteiger charge is 2.18. The molecule has 0 spiro atoms. The van der Waals surface area contributed by atoms with Crippen molar-refractivity contribution < 1.29 is 22.7 Å². The molecule has 26 heavy (non-hydrogen) atoms.